The van der Waals surface area contributed by atoms with Crippen LogP contribution >= 0.6 is 0 Å². The zero-order chi connectivity index (χ0) is 17.2. The number of methoxy groups -OCH3 is 1. The number of hydrogen-bond acceptors (Lipinski definition) is 5. The minimum atomic E-state index is 0.441. The van der Waals surface area contributed by atoms with Crippen molar-refractivity contribution in [2.24, 2.45) is 0 Å². The molecule has 0 fully saturated rings. The highest BCUT2D eigenvalue weighted by atomic mass is 16.5. The fourth-order valence-corrected chi connectivity index (χ4v) is 3.40. The molecule has 0 unspecified atom stereocenters. The number of aromatic nitrogens is 2. The van der Waals surface area contributed by atoms with Gasteiger partial charge in [0.15, 0.2) is 0 Å². The minimum absolute atomic E-state index is 0.441. The zero-order valence-electron chi connectivity index (χ0n) is 14.5. The van der Waals surface area contributed by atoms with E-state index in [1.54, 1.807) is 7.11 Å². The Morgan fingerprint density at radius 1 is 1.16 bits per heavy atom. The lowest BCUT2D eigenvalue weighted by molar-refractivity contribution is 0.369. The average Bonchev–Trinajstić information content (AvgIpc) is 3.12. The van der Waals surface area contributed by atoms with Crippen LogP contribution < -0.4 is 9.64 Å². The summed E-state index contributed by atoms with van der Waals surface area (Å²) < 4.78 is 10.9. The number of hydrogen-bond donors (Lipinski definition) is 0. The van der Waals surface area contributed by atoms with Crippen LogP contribution in [0.1, 0.15) is 24.8 Å². The second kappa shape index (κ2) is 6.59. The van der Waals surface area contributed by atoms with E-state index in [-0.39, 0.29) is 0 Å². The molecule has 1 atom stereocenters. The number of ether oxygens (including phenoxy) is 1. The first kappa shape index (κ1) is 15.7. The standard InChI is InChI=1S/C20H21N3O2/c1-14-11-12-15-7-3-5-9-17(15)23(14)13-19-21-20(22-25-19)16-8-4-6-10-18(16)24-2/h3-10,14H,11-13H2,1-2H3/t14-/m0/s1. The third kappa shape index (κ3) is 2.97. The summed E-state index contributed by atoms with van der Waals surface area (Å²) >= 11 is 0. The Labute approximate surface area is 147 Å². The molecule has 0 spiro atoms. The van der Waals surface area contributed by atoms with Gasteiger partial charge in [-0.1, -0.05) is 35.5 Å². The summed E-state index contributed by atoms with van der Waals surface area (Å²) in [5.41, 5.74) is 3.48. The van der Waals surface area contributed by atoms with Crippen molar-refractivity contribution in [1.29, 1.82) is 0 Å². The van der Waals surface area contributed by atoms with Gasteiger partial charge < -0.3 is 14.2 Å². The molecule has 25 heavy (non-hydrogen) atoms. The van der Waals surface area contributed by atoms with Gasteiger partial charge in [0, 0.05) is 11.7 Å². The van der Waals surface area contributed by atoms with Crippen LogP contribution in [0, 0.1) is 0 Å². The number of para-hydroxylation sites is 2. The molecule has 1 aliphatic heterocycles. The predicted octanol–water partition coefficient (Wildman–Crippen LogP) is 4.09. The van der Waals surface area contributed by atoms with E-state index in [4.69, 9.17) is 9.26 Å². The van der Waals surface area contributed by atoms with Crippen molar-refractivity contribution in [1.82, 2.24) is 10.1 Å². The Kier molecular flexibility index (Phi) is 4.14. The van der Waals surface area contributed by atoms with E-state index in [0.717, 1.165) is 24.2 Å². The molecular formula is C20H21N3O2. The second-order valence-electron chi connectivity index (χ2n) is 6.36. The maximum Gasteiger partial charge on any atom is 0.246 e. The third-order valence-electron chi connectivity index (χ3n) is 4.79. The van der Waals surface area contributed by atoms with Gasteiger partial charge in [-0.3, -0.25) is 0 Å². The van der Waals surface area contributed by atoms with Crippen LogP contribution in [0.4, 0.5) is 5.69 Å². The van der Waals surface area contributed by atoms with Crippen molar-refractivity contribution in [3.05, 3.63) is 60.0 Å². The van der Waals surface area contributed by atoms with Crippen molar-refractivity contribution < 1.29 is 9.26 Å². The van der Waals surface area contributed by atoms with Gasteiger partial charge in [-0.15, -0.1) is 0 Å². The maximum atomic E-state index is 5.53. The average molecular weight is 335 g/mol. The Morgan fingerprint density at radius 3 is 2.84 bits per heavy atom. The van der Waals surface area contributed by atoms with E-state index in [1.807, 2.05) is 24.3 Å². The Morgan fingerprint density at radius 2 is 1.96 bits per heavy atom. The molecule has 0 amide bonds. The molecule has 5 heteroatoms. The van der Waals surface area contributed by atoms with Gasteiger partial charge in [-0.25, -0.2) is 0 Å². The van der Waals surface area contributed by atoms with Crippen LogP contribution in [0.5, 0.6) is 5.75 Å². The van der Waals surface area contributed by atoms with Crippen molar-refractivity contribution in [2.45, 2.75) is 32.4 Å². The number of benzene rings is 2. The molecule has 0 saturated carbocycles. The predicted molar refractivity (Wildman–Crippen MR) is 96.7 cm³/mol. The number of rotatable bonds is 4. The molecule has 128 valence electrons. The van der Waals surface area contributed by atoms with Gasteiger partial charge in [0.2, 0.25) is 11.7 Å². The molecule has 1 aromatic heterocycles. The van der Waals surface area contributed by atoms with E-state index in [1.165, 1.54) is 11.3 Å². The highest BCUT2D eigenvalue weighted by Crippen LogP contribution is 2.32. The van der Waals surface area contributed by atoms with E-state index >= 15 is 0 Å². The van der Waals surface area contributed by atoms with Gasteiger partial charge in [-0.05, 0) is 43.5 Å². The molecule has 2 heterocycles. The van der Waals surface area contributed by atoms with Crippen molar-refractivity contribution in [2.75, 3.05) is 12.0 Å². The highest BCUT2D eigenvalue weighted by molar-refractivity contribution is 5.63. The molecule has 2 aromatic carbocycles. The summed E-state index contributed by atoms with van der Waals surface area (Å²) in [6.45, 7) is 2.85. The van der Waals surface area contributed by atoms with Gasteiger partial charge in [-0.2, -0.15) is 4.98 Å². The van der Waals surface area contributed by atoms with Crippen molar-refractivity contribution in [3.63, 3.8) is 0 Å². The Hall–Kier alpha value is -2.82. The van der Waals surface area contributed by atoms with Gasteiger partial charge in [0.05, 0.1) is 19.2 Å². The largest absolute Gasteiger partial charge is 0.496 e. The van der Waals surface area contributed by atoms with E-state index in [9.17, 15) is 0 Å². The van der Waals surface area contributed by atoms with Crippen molar-refractivity contribution >= 4 is 5.69 Å². The summed E-state index contributed by atoms with van der Waals surface area (Å²) in [6.07, 6.45) is 2.24. The highest BCUT2D eigenvalue weighted by Gasteiger charge is 2.25. The van der Waals surface area contributed by atoms with Crippen LogP contribution in [0.25, 0.3) is 11.4 Å². The summed E-state index contributed by atoms with van der Waals surface area (Å²) in [4.78, 5) is 6.94. The lowest BCUT2D eigenvalue weighted by Gasteiger charge is -2.36. The minimum Gasteiger partial charge on any atom is -0.496 e. The van der Waals surface area contributed by atoms with Crippen LogP contribution in [-0.2, 0) is 13.0 Å². The van der Waals surface area contributed by atoms with Gasteiger partial charge >= 0.3 is 0 Å². The maximum absolute atomic E-state index is 5.53. The summed E-state index contributed by atoms with van der Waals surface area (Å²) in [7, 11) is 1.65. The summed E-state index contributed by atoms with van der Waals surface area (Å²) in [5.74, 6) is 1.92. The van der Waals surface area contributed by atoms with Crippen LogP contribution in [0.15, 0.2) is 53.1 Å². The number of nitrogens with zero attached hydrogens (tertiary/aromatic N) is 3. The normalized spacial score (nSPS) is 16.6. The number of aryl methyl sites for hydroxylation is 1. The SMILES string of the molecule is COc1ccccc1-c1noc(CN2c3ccccc3CC[C@@H]2C)n1. The van der Waals surface area contributed by atoms with E-state index in [0.29, 0.717) is 24.3 Å². The molecule has 0 radical (unpaired) electrons. The first-order valence-electron chi connectivity index (χ1n) is 8.57. The molecule has 4 rings (SSSR count). The summed E-state index contributed by atoms with van der Waals surface area (Å²) in [6, 6.07) is 16.7. The van der Waals surface area contributed by atoms with Crippen molar-refractivity contribution in [3.8, 4) is 17.1 Å². The van der Waals surface area contributed by atoms with Crippen LogP contribution in [0.3, 0.4) is 0 Å². The fraction of sp³-hybridized carbons (Fsp3) is 0.300. The summed E-state index contributed by atoms with van der Waals surface area (Å²) in [5, 5.41) is 4.15. The monoisotopic (exact) mass is 335 g/mol. The van der Waals surface area contributed by atoms with E-state index in [2.05, 4.69) is 46.2 Å². The van der Waals surface area contributed by atoms with Gasteiger partial charge in [0.25, 0.3) is 0 Å². The second-order valence-corrected chi connectivity index (χ2v) is 6.36. The quantitative estimate of drug-likeness (QED) is 0.719. The number of fused-ring (bicyclic) bond motifs is 1. The molecule has 5 nitrogen and oxygen atoms in total. The Balaban J connectivity index is 1.62. The van der Waals surface area contributed by atoms with E-state index < -0.39 is 0 Å². The van der Waals surface area contributed by atoms with Crippen LogP contribution in [0.2, 0.25) is 0 Å². The molecule has 0 aliphatic carbocycles. The zero-order valence-corrected chi connectivity index (χ0v) is 14.5. The topological polar surface area (TPSA) is 51.4 Å². The number of anilines is 1. The molecule has 0 N–H and O–H groups in total. The van der Waals surface area contributed by atoms with Crippen LogP contribution in [-0.4, -0.2) is 23.3 Å². The molecule has 3 aromatic rings. The third-order valence-corrected chi connectivity index (χ3v) is 4.79. The molecule has 0 bridgehead atoms. The lowest BCUT2D eigenvalue weighted by atomic mass is 9.97. The molecular weight excluding hydrogens is 314 g/mol. The Bertz CT molecular complexity index is 875. The fourth-order valence-electron chi connectivity index (χ4n) is 3.40. The first-order valence-corrected chi connectivity index (χ1v) is 8.57. The first-order chi connectivity index (χ1) is 12.3. The molecule has 0 saturated heterocycles. The lowest BCUT2D eigenvalue weighted by Crippen LogP contribution is -2.36. The molecule has 1 aliphatic rings. The smallest absolute Gasteiger partial charge is 0.246 e. The van der Waals surface area contributed by atoms with Gasteiger partial charge in [0.1, 0.15) is 5.75 Å².